The van der Waals surface area contributed by atoms with Crippen molar-refractivity contribution in [2.45, 2.75) is 6.54 Å². The summed E-state index contributed by atoms with van der Waals surface area (Å²) in [7, 11) is 1.60. The molecule has 2 heterocycles. The monoisotopic (exact) mass is 297 g/mol. The third-order valence-electron chi connectivity index (χ3n) is 2.45. The predicted octanol–water partition coefficient (Wildman–Crippen LogP) is 2.23. The zero-order valence-electron chi connectivity index (χ0n) is 10.6. The average Bonchev–Trinajstić information content (AvgIpc) is 2.86. The quantitative estimate of drug-likeness (QED) is 0.649. The molecule has 20 heavy (non-hydrogen) atoms. The molecule has 0 aliphatic heterocycles. The van der Waals surface area contributed by atoms with Crippen LogP contribution >= 0.6 is 11.6 Å². The van der Waals surface area contributed by atoms with Gasteiger partial charge < -0.3 is 10.1 Å². The van der Waals surface area contributed by atoms with E-state index in [9.17, 15) is 10.1 Å². The van der Waals surface area contributed by atoms with E-state index in [1.54, 1.807) is 24.2 Å². The summed E-state index contributed by atoms with van der Waals surface area (Å²) >= 11 is 5.70. The molecular formula is C11H12ClN5O3. The molecular weight excluding hydrogens is 286 g/mol. The summed E-state index contributed by atoms with van der Waals surface area (Å²) in [5.74, 6) is 0.116. The standard InChI is InChI=1S/C11H12ClN5O3/c1-20-3-2-16-7-9(6-14-16)15-11-10(17(18)19)4-8(12)5-13-11/h4-7H,2-3H2,1H3,(H,13,15). The van der Waals surface area contributed by atoms with Crippen LogP contribution in [0, 0.1) is 10.1 Å². The summed E-state index contributed by atoms with van der Waals surface area (Å²) in [6, 6.07) is 1.24. The van der Waals surface area contributed by atoms with Crippen molar-refractivity contribution in [2.75, 3.05) is 19.0 Å². The molecule has 2 rings (SSSR count). The van der Waals surface area contributed by atoms with Gasteiger partial charge in [0.1, 0.15) is 0 Å². The van der Waals surface area contributed by atoms with E-state index in [0.717, 1.165) is 0 Å². The number of hydrogen-bond donors (Lipinski definition) is 1. The summed E-state index contributed by atoms with van der Waals surface area (Å²) < 4.78 is 6.60. The van der Waals surface area contributed by atoms with Gasteiger partial charge in [-0.05, 0) is 0 Å². The minimum Gasteiger partial charge on any atom is -0.383 e. The Kier molecular flexibility index (Phi) is 4.49. The van der Waals surface area contributed by atoms with Gasteiger partial charge in [0.25, 0.3) is 0 Å². The van der Waals surface area contributed by atoms with Crippen molar-refractivity contribution in [1.82, 2.24) is 14.8 Å². The number of hydrogen-bond acceptors (Lipinski definition) is 6. The summed E-state index contributed by atoms with van der Waals surface area (Å²) in [5.41, 5.74) is 0.404. The molecule has 2 aromatic heterocycles. The van der Waals surface area contributed by atoms with Crippen molar-refractivity contribution in [2.24, 2.45) is 0 Å². The molecule has 0 radical (unpaired) electrons. The fraction of sp³-hybridized carbons (Fsp3) is 0.273. The van der Waals surface area contributed by atoms with Crippen molar-refractivity contribution in [3.05, 3.63) is 39.8 Å². The van der Waals surface area contributed by atoms with Gasteiger partial charge in [-0.1, -0.05) is 11.6 Å². The smallest absolute Gasteiger partial charge is 0.313 e. The Balaban J connectivity index is 2.17. The third kappa shape index (κ3) is 3.43. The van der Waals surface area contributed by atoms with Crippen molar-refractivity contribution in [3.63, 3.8) is 0 Å². The minimum atomic E-state index is -0.545. The molecule has 8 nitrogen and oxygen atoms in total. The first kappa shape index (κ1) is 14.2. The topological polar surface area (TPSA) is 95.1 Å². The van der Waals surface area contributed by atoms with Crippen LogP contribution in [0.25, 0.3) is 0 Å². The molecule has 1 N–H and O–H groups in total. The lowest BCUT2D eigenvalue weighted by atomic mass is 10.4. The maximum absolute atomic E-state index is 10.9. The van der Waals surface area contributed by atoms with Crippen LogP contribution in [0.3, 0.4) is 0 Å². The first-order chi connectivity index (χ1) is 9.60. The van der Waals surface area contributed by atoms with Crippen LogP contribution in [0.4, 0.5) is 17.2 Å². The highest BCUT2D eigenvalue weighted by Gasteiger charge is 2.16. The number of halogens is 1. The molecule has 0 atom stereocenters. The molecule has 0 aliphatic carbocycles. The summed E-state index contributed by atoms with van der Waals surface area (Å²) in [6.45, 7) is 1.12. The lowest BCUT2D eigenvalue weighted by molar-refractivity contribution is -0.384. The SMILES string of the molecule is COCCn1cc(Nc2ncc(Cl)cc2[N+](=O)[O-])cn1. The van der Waals surface area contributed by atoms with Crippen molar-refractivity contribution >= 4 is 28.8 Å². The predicted molar refractivity (Wildman–Crippen MR) is 73.3 cm³/mol. The van der Waals surface area contributed by atoms with E-state index in [0.29, 0.717) is 18.8 Å². The number of ether oxygens (including phenoxy) is 1. The number of nitrogens with one attached hydrogen (secondary N) is 1. The number of anilines is 2. The highest BCUT2D eigenvalue weighted by atomic mass is 35.5. The van der Waals surface area contributed by atoms with Crippen molar-refractivity contribution < 1.29 is 9.66 Å². The third-order valence-corrected chi connectivity index (χ3v) is 2.66. The molecule has 0 saturated heterocycles. The summed E-state index contributed by atoms with van der Waals surface area (Å²) in [6.07, 6.45) is 4.60. The summed E-state index contributed by atoms with van der Waals surface area (Å²) in [5, 5.41) is 18.1. The van der Waals surface area contributed by atoms with Crippen LogP contribution in [-0.2, 0) is 11.3 Å². The molecule has 106 valence electrons. The lowest BCUT2D eigenvalue weighted by Crippen LogP contribution is -2.04. The molecule has 0 aliphatic rings. The Labute approximate surface area is 119 Å². The molecule has 2 aromatic rings. The highest BCUT2D eigenvalue weighted by Crippen LogP contribution is 2.27. The highest BCUT2D eigenvalue weighted by molar-refractivity contribution is 6.30. The number of nitro groups is 1. The maximum atomic E-state index is 10.9. The van der Waals surface area contributed by atoms with Crippen LogP contribution in [0.15, 0.2) is 24.7 Å². The number of nitrogens with zero attached hydrogens (tertiary/aromatic N) is 4. The minimum absolute atomic E-state index is 0.116. The second-order valence-corrected chi connectivity index (χ2v) is 4.32. The van der Waals surface area contributed by atoms with Crippen LogP contribution in [0.5, 0.6) is 0 Å². The first-order valence-corrected chi connectivity index (χ1v) is 6.06. The van der Waals surface area contributed by atoms with Crippen LogP contribution in [0.2, 0.25) is 5.02 Å². The normalized spacial score (nSPS) is 10.5. The molecule has 0 amide bonds. The number of aromatic nitrogens is 3. The van der Waals surface area contributed by atoms with Gasteiger partial charge in [-0.3, -0.25) is 14.8 Å². The molecule has 0 bridgehead atoms. The number of methoxy groups -OCH3 is 1. The molecule has 0 spiro atoms. The second kappa shape index (κ2) is 6.31. The van der Waals surface area contributed by atoms with E-state index in [-0.39, 0.29) is 16.5 Å². The van der Waals surface area contributed by atoms with E-state index >= 15 is 0 Å². The van der Waals surface area contributed by atoms with Gasteiger partial charge in [0.15, 0.2) is 0 Å². The van der Waals surface area contributed by atoms with Gasteiger partial charge in [-0.15, -0.1) is 0 Å². The van der Waals surface area contributed by atoms with E-state index in [1.165, 1.54) is 12.3 Å². The molecule has 0 saturated carbocycles. The number of rotatable bonds is 6. The Morgan fingerprint density at radius 3 is 3.05 bits per heavy atom. The largest absolute Gasteiger partial charge is 0.383 e. The molecule has 9 heteroatoms. The van der Waals surface area contributed by atoms with E-state index in [4.69, 9.17) is 16.3 Å². The molecule has 0 aromatic carbocycles. The van der Waals surface area contributed by atoms with E-state index in [2.05, 4.69) is 15.4 Å². The van der Waals surface area contributed by atoms with Gasteiger partial charge in [0.05, 0.1) is 35.0 Å². The maximum Gasteiger partial charge on any atom is 0.313 e. The van der Waals surface area contributed by atoms with Crippen LogP contribution in [0.1, 0.15) is 0 Å². The van der Waals surface area contributed by atoms with E-state index in [1.807, 2.05) is 0 Å². The average molecular weight is 298 g/mol. The van der Waals surface area contributed by atoms with Crippen molar-refractivity contribution in [3.8, 4) is 0 Å². The van der Waals surface area contributed by atoms with Gasteiger partial charge in [-0.2, -0.15) is 5.10 Å². The van der Waals surface area contributed by atoms with E-state index < -0.39 is 4.92 Å². The fourth-order valence-electron chi connectivity index (χ4n) is 1.54. The van der Waals surface area contributed by atoms with Crippen molar-refractivity contribution in [1.29, 1.82) is 0 Å². The first-order valence-electron chi connectivity index (χ1n) is 5.68. The fourth-order valence-corrected chi connectivity index (χ4v) is 1.69. The Bertz CT molecular complexity index is 616. The lowest BCUT2D eigenvalue weighted by Gasteiger charge is -2.03. The zero-order chi connectivity index (χ0) is 14.5. The van der Waals surface area contributed by atoms with Crippen LogP contribution in [-0.4, -0.2) is 33.4 Å². The van der Waals surface area contributed by atoms with Crippen LogP contribution < -0.4 is 5.32 Å². The Hall–Kier alpha value is -2.19. The molecule has 0 unspecified atom stereocenters. The Morgan fingerprint density at radius 1 is 1.55 bits per heavy atom. The van der Waals surface area contributed by atoms with Gasteiger partial charge in [-0.25, -0.2) is 4.98 Å². The van der Waals surface area contributed by atoms with Gasteiger partial charge >= 0.3 is 5.69 Å². The van der Waals surface area contributed by atoms with Gasteiger partial charge in [0, 0.05) is 25.6 Å². The summed E-state index contributed by atoms with van der Waals surface area (Å²) in [4.78, 5) is 14.3. The number of pyridine rings is 1. The Morgan fingerprint density at radius 2 is 2.35 bits per heavy atom. The van der Waals surface area contributed by atoms with Gasteiger partial charge in [0.2, 0.25) is 5.82 Å². The molecule has 0 fully saturated rings. The zero-order valence-corrected chi connectivity index (χ0v) is 11.4. The second-order valence-electron chi connectivity index (χ2n) is 3.89.